The third kappa shape index (κ3) is 2.14. The van der Waals surface area contributed by atoms with Crippen LogP contribution in [0.3, 0.4) is 0 Å². The molecular weight excluding hydrogens is 228 g/mol. The summed E-state index contributed by atoms with van der Waals surface area (Å²) in [5.74, 6) is -1.02. The lowest BCUT2D eigenvalue weighted by Crippen LogP contribution is -1.95. The van der Waals surface area contributed by atoms with Gasteiger partial charge in [0.1, 0.15) is 5.01 Å². The number of aryl methyl sites for hydroxylation is 1. The van der Waals surface area contributed by atoms with Crippen LogP contribution in [0.1, 0.15) is 21.2 Å². The van der Waals surface area contributed by atoms with E-state index < -0.39 is 5.97 Å². The Morgan fingerprint density at radius 1 is 1.56 bits per heavy atom. The predicted molar refractivity (Wildman–Crippen MR) is 59.0 cm³/mol. The van der Waals surface area contributed by atoms with E-state index in [1.165, 1.54) is 16.7 Å². The fourth-order valence-electron chi connectivity index (χ4n) is 1.07. The van der Waals surface area contributed by atoms with Crippen LogP contribution in [-0.4, -0.2) is 31.1 Å². The number of carbonyl (C=O) groups is 1. The molecule has 1 N–H and O–H groups in total. The van der Waals surface area contributed by atoms with Crippen molar-refractivity contribution in [1.29, 1.82) is 0 Å². The summed E-state index contributed by atoms with van der Waals surface area (Å²) >= 11 is 1.28. The Morgan fingerprint density at radius 2 is 2.38 bits per heavy atom. The molecule has 0 atom stereocenters. The van der Waals surface area contributed by atoms with Gasteiger partial charge in [0, 0.05) is 12.4 Å². The van der Waals surface area contributed by atoms with Gasteiger partial charge >= 0.3 is 5.97 Å². The summed E-state index contributed by atoms with van der Waals surface area (Å²) in [6.07, 6.45) is 5.13. The molecule has 82 valence electrons. The first-order valence-corrected chi connectivity index (χ1v) is 5.26. The summed E-state index contributed by atoms with van der Waals surface area (Å²) in [7, 11) is 1.78. The third-order valence-corrected chi connectivity index (χ3v) is 2.70. The minimum absolute atomic E-state index is 0.0628. The first-order chi connectivity index (χ1) is 7.66. The number of hydrogen-bond donors (Lipinski definition) is 1. The molecule has 0 aromatic carbocycles. The molecule has 6 nitrogen and oxygen atoms in total. The number of nitrogens with zero attached hydrogens (tertiary/aromatic N) is 4. The van der Waals surface area contributed by atoms with E-state index >= 15 is 0 Å². The van der Waals surface area contributed by atoms with Gasteiger partial charge in [0.2, 0.25) is 0 Å². The van der Waals surface area contributed by atoms with Crippen LogP contribution < -0.4 is 0 Å². The van der Waals surface area contributed by atoms with E-state index in [1.54, 1.807) is 30.1 Å². The molecule has 0 bridgehead atoms. The molecule has 0 radical (unpaired) electrons. The first kappa shape index (κ1) is 10.5. The lowest BCUT2D eigenvalue weighted by Gasteiger charge is -1.89. The number of hydrogen-bond acceptors (Lipinski definition) is 5. The standard InChI is InChI=1S/C9H8N4O2S/c1-13-6(4-10-12-13)2-3-8-11-7(5-16-8)9(14)15/h2-5H,1H3,(H,14,15)/b3-2+. The van der Waals surface area contributed by atoms with Crippen LogP contribution in [0.2, 0.25) is 0 Å². The molecule has 2 aromatic heterocycles. The largest absolute Gasteiger partial charge is 0.476 e. The third-order valence-electron chi connectivity index (χ3n) is 1.89. The molecule has 7 heteroatoms. The fraction of sp³-hybridized carbons (Fsp3) is 0.111. The lowest BCUT2D eigenvalue weighted by molar-refractivity contribution is 0.0691. The summed E-state index contributed by atoms with van der Waals surface area (Å²) in [6.45, 7) is 0. The van der Waals surface area contributed by atoms with Crippen LogP contribution in [0.4, 0.5) is 0 Å². The van der Waals surface area contributed by atoms with Crippen LogP contribution in [0.25, 0.3) is 12.2 Å². The summed E-state index contributed by atoms with van der Waals surface area (Å²) in [5, 5.41) is 18.3. The maximum atomic E-state index is 10.6. The van der Waals surface area contributed by atoms with Gasteiger partial charge in [-0.1, -0.05) is 5.21 Å². The highest BCUT2D eigenvalue weighted by Crippen LogP contribution is 2.13. The van der Waals surface area contributed by atoms with Crippen LogP contribution in [-0.2, 0) is 7.05 Å². The van der Waals surface area contributed by atoms with Gasteiger partial charge < -0.3 is 5.11 Å². The van der Waals surface area contributed by atoms with Crippen molar-refractivity contribution in [3.05, 3.63) is 28.0 Å². The summed E-state index contributed by atoms with van der Waals surface area (Å²) in [4.78, 5) is 14.5. The average molecular weight is 236 g/mol. The first-order valence-electron chi connectivity index (χ1n) is 4.38. The SMILES string of the molecule is Cn1nncc1/C=C/c1nc(C(=O)O)cs1. The molecule has 16 heavy (non-hydrogen) atoms. The Balaban J connectivity index is 2.18. The summed E-state index contributed by atoms with van der Waals surface area (Å²) in [6, 6.07) is 0. The molecule has 0 saturated heterocycles. The van der Waals surface area contributed by atoms with E-state index in [2.05, 4.69) is 15.3 Å². The number of aromatic nitrogens is 4. The molecule has 2 aromatic rings. The quantitative estimate of drug-likeness (QED) is 0.864. The van der Waals surface area contributed by atoms with Crippen molar-refractivity contribution in [2.24, 2.45) is 7.05 Å². The Labute approximate surface area is 94.9 Å². The zero-order valence-corrected chi connectivity index (χ0v) is 9.18. The van der Waals surface area contributed by atoms with Crippen molar-refractivity contribution in [3.8, 4) is 0 Å². The van der Waals surface area contributed by atoms with Crippen molar-refractivity contribution in [3.63, 3.8) is 0 Å². The molecule has 0 unspecified atom stereocenters. The van der Waals surface area contributed by atoms with Gasteiger partial charge in [-0.05, 0) is 12.2 Å². The zero-order valence-electron chi connectivity index (χ0n) is 8.36. The van der Waals surface area contributed by atoms with Crippen molar-refractivity contribution in [2.45, 2.75) is 0 Å². The monoisotopic (exact) mass is 236 g/mol. The van der Waals surface area contributed by atoms with Crippen LogP contribution in [0.5, 0.6) is 0 Å². The van der Waals surface area contributed by atoms with E-state index in [-0.39, 0.29) is 5.69 Å². The highest BCUT2D eigenvalue weighted by atomic mass is 32.1. The molecule has 2 heterocycles. The van der Waals surface area contributed by atoms with Crippen LogP contribution in [0.15, 0.2) is 11.6 Å². The summed E-state index contributed by atoms with van der Waals surface area (Å²) < 4.78 is 1.61. The normalized spacial score (nSPS) is 11.1. The molecule has 0 aliphatic heterocycles. The molecule has 0 aliphatic rings. The molecule has 0 aliphatic carbocycles. The second-order valence-corrected chi connectivity index (χ2v) is 3.88. The van der Waals surface area contributed by atoms with E-state index in [0.29, 0.717) is 5.01 Å². The van der Waals surface area contributed by atoms with E-state index in [9.17, 15) is 4.79 Å². The maximum absolute atomic E-state index is 10.6. The van der Waals surface area contributed by atoms with E-state index in [4.69, 9.17) is 5.11 Å². The van der Waals surface area contributed by atoms with Crippen molar-refractivity contribution in [1.82, 2.24) is 20.0 Å². The molecule has 2 rings (SSSR count). The smallest absolute Gasteiger partial charge is 0.355 e. The van der Waals surface area contributed by atoms with Gasteiger partial charge in [-0.3, -0.25) is 0 Å². The highest BCUT2D eigenvalue weighted by Gasteiger charge is 2.06. The predicted octanol–water partition coefficient (Wildman–Crippen LogP) is 1.14. The molecule has 0 amide bonds. The fourth-order valence-corrected chi connectivity index (χ4v) is 1.75. The van der Waals surface area contributed by atoms with E-state index in [0.717, 1.165) is 5.69 Å². The van der Waals surface area contributed by atoms with Crippen LogP contribution >= 0.6 is 11.3 Å². The van der Waals surface area contributed by atoms with Gasteiger partial charge in [-0.25, -0.2) is 14.5 Å². The number of thiazole rings is 1. The van der Waals surface area contributed by atoms with Crippen molar-refractivity contribution < 1.29 is 9.90 Å². The lowest BCUT2D eigenvalue weighted by atomic mass is 10.4. The molecular formula is C9H8N4O2S. The van der Waals surface area contributed by atoms with Gasteiger partial charge in [-0.2, -0.15) is 0 Å². The minimum Gasteiger partial charge on any atom is -0.476 e. The van der Waals surface area contributed by atoms with Crippen molar-refractivity contribution in [2.75, 3.05) is 0 Å². The number of carboxylic acid groups (broad SMARTS) is 1. The number of aromatic carboxylic acids is 1. The molecule has 0 saturated carbocycles. The average Bonchev–Trinajstić information content (AvgIpc) is 2.83. The zero-order chi connectivity index (χ0) is 11.5. The Bertz CT molecular complexity index is 543. The number of rotatable bonds is 3. The minimum atomic E-state index is -1.02. The van der Waals surface area contributed by atoms with Gasteiger partial charge in [-0.15, -0.1) is 16.4 Å². The second kappa shape index (κ2) is 4.23. The Hall–Kier alpha value is -2.02. The second-order valence-electron chi connectivity index (χ2n) is 2.99. The van der Waals surface area contributed by atoms with Crippen molar-refractivity contribution >= 4 is 29.5 Å². The molecule has 0 spiro atoms. The topological polar surface area (TPSA) is 80.9 Å². The number of carboxylic acids is 1. The Morgan fingerprint density at radius 3 is 2.94 bits per heavy atom. The van der Waals surface area contributed by atoms with Gasteiger partial charge in [0.15, 0.2) is 5.69 Å². The van der Waals surface area contributed by atoms with Gasteiger partial charge in [0.05, 0.1) is 11.9 Å². The Kier molecular flexibility index (Phi) is 2.78. The van der Waals surface area contributed by atoms with Crippen LogP contribution in [0, 0.1) is 0 Å². The van der Waals surface area contributed by atoms with Gasteiger partial charge in [0.25, 0.3) is 0 Å². The van der Waals surface area contributed by atoms with E-state index in [1.807, 2.05) is 0 Å². The molecule has 0 fully saturated rings. The maximum Gasteiger partial charge on any atom is 0.355 e. The highest BCUT2D eigenvalue weighted by molar-refractivity contribution is 7.10. The summed E-state index contributed by atoms with van der Waals surface area (Å²) in [5.41, 5.74) is 0.889.